The topological polar surface area (TPSA) is 51.6 Å². The predicted octanol–water partition coefficient (Wildman–Crippen LogP) is 9.93. The van der Waals surface area contributed by atoms with Gasteiger partial charge in [0.25, 0.3) is 0 Å². The Morgan fingerprint density at radius 1 is 0.222 bits per heavy atom. The standard InChI is InChI=1S/2C20H14N2.Ir/c2*1-3-9-15(10-4-1)19-20(16-11-5-2-6-12-16)22-18-14-8-7-13-17(18)21-19;/h2*1-14H;. The molecule has 0 N–H and O–H groups in total. The zero-order valence-electron chi connectivity index (χ0n) is 24.3. The van der Waals surface area contributed by atoms with Gasteiger partial charge in [0.1, 0.15) is 0 Å². The van der Waals surface area contributed by atoms with Crippen LogP contribution < -0.4 is 0 Å². The van der Waals surface area contributed by atoms with E-state index in [-0.39, 0.29) is 20.1 Å². The van der Waals surface area contributed by atoms with Crippen LogP contribution in [0.3, 0.4) is 0 Å². The molecule has 0 amide bonds. The summed E-state index contributed by atoms with van der Waals surface area (Å²) in [6, 6.07) is 56.9. The molecule has 8 rings (SSSR count). The van der Waals surface area contributed by atoms with Crippen LogP contribution in [0.1, 0.15) is 0 Å². The van der Waals surface area contributed by atoms with Gasteiger partial charge in [-0.05, 0) is 24.3 Å². The molecule has 217 valence electrons. The van der Waals surface area contributed by atoms with E-state index in [1.54, 1.807) is 0 Å². The van der Waals surface area contributed by atoms with Crippen molar-refractivity contribution < 1.29 is 20.1 Å². The molecule has 0 saturated heterocycles. The Kier molecular flexibility index (Phi) is 9.22. The van der Waals surface area contributed by atoms with Gasteiger partial charge in [-0.1, -0.05) is 146 Å². The second kappa shape index (κ2) is 14.0. The maximum absolute atomic E-state index is 4.86. The largest absolute Gasteiger partial charge is 0.244 e. The van der Waals surface area contributed by atoms with E-state index in [9.17, 15) is 0 Å². The van der Waals surface area contributed by atoms with Crippen molar-refractivity contribution in [1.82, 2.24) is 19.9 Å². The molecule has 0 saturated carbocycles. The third-order valence-corrected chi connectivity index (χ3v) is 7.33. The Morgan fingerprint density at radius 3 is 0.600 bits per heavy atom. The summed E-state index contributed by atoms with van der Waals surface area (Å²) in [7, 11) is 0. The van der Waals surface area contributed by atoms with Crippen molar-refractivity contribution in [3.63, 3.8) is 0 Å². The Hall–Kier alpha value is -5.35. The molecule has 6 aromatic carbocycles. The Labute approximate surface area is 275 Å². The first kappa shape index (κ1) is 29.7. The molecular formula is C40H28IrN4. The summed E-state index contributed by atoms with van der Waals surface area (Å²) in [6.07, 6.45) is 0. The number of rotatable bonds is 4. The summed E-state index contributed by atoms with van der Waals surface area (Å²) in [6.45, 7) is 0. The van der Waals surface area contributed by atoms with E-state index in [1.807, 2.05) is 121 Å². The van der Waals surface area contributed by atoms with E-state index in [1.165, 1.54) is 0 Å². The third kappa shape index (κ3) is 6.61. The van der Waals surface area contributed by atoms with Gasteiger partial charge in [-0.3, -0.25) is 0 Å². The summed E-state index contributed by atoms with van der Waals surface area (Å²) in [4.78, 5) is 19.4. The van der Waals surface area contributed by atoms with Crippen LogP contribution in [0.5, 0.6) is 0 Å². The predicted molar refractivity (Wildman–Crippen MR) is 181 cm³/mol. The van der Waals surface area contributed by atoms with Gasteiger partial charge in [0.15, 0.2) is 0 Å². The van der Waals surface area contributed by atoms with Gasteiger partial charge < -0.3 is 0 Å². The summed E-state index contributed by atoms with van der Waals surface area (Å²) >= 11 is 0. The van der Waals surface area contributed by atoms with Crippen molar-refractivity contribution in [2.24, 2.45) is 0 Å². The molecule has 0 bridgehead atoms. The van der Waals surface area contributed by atoms with Crippen LogP contribution in [-0.4, -0.2) is 19.9 Å². The van der Waals surface area contributed by atoms with Gasteiger partial charge in [-0.25, -0.2) is 19.9 Å². The van der Waals surface area contributed by atoms with Crippen molar-refractivity contribution >= 4 is 22.1 Å². The van der Waals surface area contributed by atoms with Crippen LogP contribution in [0, 0.1) is 0 Å². The molecule has 0 atom stereocenters. The van der Waals surface area contributed by atoms with Crippen molar-refractivity contribution in [2.45, 2.75) is 0 Å². The summed E-state index contributed by atoms with van der Waals surface area (Å²) in [5.41, 5.74) is 11.7. The first-order valence-electron chi connectivity index (χ1n) is 14.6. The van der Waals surface area contributed by atoms with Crippen LogP contribution in [0.25, 0.3) is 67.1 Å². The average molecular weight is 757 g/mol. The summed E-state index contributed by atoms with van der Waals surface area (Å²) < 4.78 is 0. The number of benzene rings is 6. The Morgan fingerprint density at radius 2 is 0.400 bits per heavy atom. The maximum Gasteiger partial charge on any atom is 0.0973 e. The van der Waals surface area contributed by atoms with Gasteiger partial charge in [0.2, 0.25) is 0 Å². The number of fused-ring (bicyclic) bond motifs is 2. The molecule has 5 heteroatoms. The molecule has 0 aliphatic carbocycles. The van der Waals surface area contributed by atoms with Gasteiger partial charge >= 0.3 is 0 Å². The fourth-order valence-corrected chi connectivity index (χ4v) is 5.19. The zero-order valence-corrected chi connectivity index (χ0v) is 26.7. The van der Waals surface area contributed by atoms with Crippen LogP contribution >= 0.6 is 0 Å². The molecule has 1 radical (unpaired) electrons. The minimum absolute atomic E-state index is 0. The van der Waals surface area contributed by atoms with Crippen LogP contribution in [0.15, 0.2) is 170 Å². The molecule has 2 aromatic heterocycles. The van der Waals surface area contributed by atoms with E-state index >= 15 is 0 Å². The van der Waals surface area contributed by atoms with Crippen molar-refractivity contribution in [2.75, 3.05) is 0 Å². The van der Waals surface area contributed by atoms with E-state index in [0.717, 1.165) is 67.1 Å². The fraction of sp³-hybridized carbons (Fsp3) is 0. The zero-order chi connectivity index (χ0) is 29.6. The van der Waals surface area contributed by atoms with Crippen molar-refractivity contribution in [3.05, 3.63) is 170 Å². The van der Waals surface area contributed by atoms with E-state index in [2.05, 4.69) is 48.5 Å². The quantitative estimate of drug-likeness (QED) is 0.180. The Bertz CT molecular complexity index is 1840. The number of nitrogens with zero attached hydrogens (tertiary/aromatic N) is 4. The SMILES string of the molecule is [Ir].c1ccc(-c2nc3ccccc3nc2-c2ccccc2)cc1.c1ccc(-c2nc3ccccc3nc2-c2ccccc2)cc1. The fourth-order valence-electron chi connectivity index (χ4n) is 5.19. The van der Waals surface area contributed by atoms with E-state index in [0.29, 0.717) is 0 Å². The van der Waals surface area contributed by atoms with Gasteiger partial charge in [0.05, 0.1) is 44.8 Å². The van der Waals surface area contributed by atoms with Crippen molar-refractivity contribution in [3.8, 4) is 45.0 Å². The van der Waals surface area contributed by atoms with E-state index < -0.39 is 0 Å². The first-order valence-corrected chi connectivity index (χ1v) is 14.6. The van der Waals surface area contributed by atoms with Gasteiger partial charge in [-0.15, -0.1) is 0 Å². The normalized spacial score (nSPS) is 10.5. The van der Waals surface area contributed by atoms with E-state index in [4.69, 9.17) is 19.9 Å². The van der Waals surface area contributed by atoms with Crippen LogP contribution in [0.2, 0.25) is 0 Å². The minimum atomic E-state index is 0. The van der Waals surface area contributed by atoms with Crippen LogP contribution in [-0.2, 0) is 20.1 Å². The average Bonchev–Trinajstić information content (AvgIpc) is 3.12. The number of hydrogen-bond acceptors (Lipinski definition) is 4. The molecule has 2 heterocycles. The Balaban J connectivity index is 0.000000155. The molecule has 0 fully saturated rings. The molecule has 8 aromatic rings. The molecule has 0 aliphatic heterocycles. The molecule has 45 heavy (non-hydrogen) atoms. The van der Waals surface area contributed by atoms with Crippen LogP contribution in [0.4, 0.5) is 0 Å². The second-order valence-corrected chi connectivity index (χ2v) is 10.3. The minimum Gasteiger partial charge on any atom is -0.244 e. The number of aromatic nitrogens is 4. The second-order valence-electron chi connectivity index (χ2n) is 10.3. The summed E-state index contributed by atoms with van der Waals surface area (Å²) in [5.74, 6) is 0. The van der Waals surface area contributed by atoms with Gasteiger partial charge in [0, 0.05) is 42.4 Å². The molecular weight excluding hydrogens is 729 g/mol. The van der Waals surface area contributed by atoms with Gasteiger partial charge in [-0.2, -0.15) is 0 Å². The monoisotopic (exact) mass is 757 g/mol. The number of hydrogen-bond donors (Lipinski definition) is 0. The molecule has 0 unspecified atom stereocenters. The summed E-state index contributed by atoms with van der Waals surface area (Å²) in [5, 5.41) is 0. The molecule has 0 aliphatic rings. The molecule has 0 spiro atoms. The smallest absolute Gasteiger partial charge is 0.0973 e. The number of para-hydroxylation sites is 4. The molecule has 4 nitrogen and oxygen atoms in total. The van der Waals surface area contributed by atoms with Crippen molar-refractivity contribution in [1.29, 1.82) is 0 Å². The maximum atomic E-state index is 4.86. The first-order chi connectivity index (χ1) is 21.8. The third-order valence-electron chi connectivity index (χ3n) is 7.33.